The lowest BCUT2D eigenvalue weighted by Gasteiger charge is -2.32. The summed E-state index contributed by atoms with van der Waals surface area (Å²) in [5, 5.41) is 3.11. The Hall–Kier alpha value is -0.220. The van der Waals surface area contributed by atoms with E-state index in [1.54, 1.807) is 0 Å². The van der Waals surface area contributed by atoms with Crippen LogP contribution in [0.4, 0.5) is 0 Å². The second-order valence-electron chi connectivity index (χ2n) is 11.1. The van der Waals surface area contributed by atoms with Gasteiger partial charge in [0.1, 0.15) is 0 Å². The van der Waals surface area contributed by atoms with E-state index >= 15 is 0 Å². The van der Waals surface area contributed by atoms with Crippen molar-refractivity contribution in [3.8, 4) is 0 Å². The lowest BCUT2D eigenvalue weighted by Crippen LogP contribution is -2.45. The van der Waals surface area contributed by atoms with E-state index in [4.69, 9.17) is 0 Å². The van der Waals surface area contributed by atoms with Crippen molar-refractivity contribution in [1.29, 1.82) is 0 Å². The minimum atomic E-state index is 0.252. The Bertz CT molecular complexity index is 440. The predicted octanol–water partition coefficient (Wildman–Crippen LogP) is 9.14. The zero-order chi connectivity index (χ0) is 25.9. The Morgan fingerprint density at radius 2 is 1.03 bits per heavy atom. The third-order valence-electron chi connectivity index (χ3n) is 7.81. The first-order chi connectivity index (χ1) is 17.1. The van der Waals surface area contributed by atoms with Crippen molar-refractivity contribution in [3.05, 3.63) is 0 Å². The van der Waals surface area contributed by atoms with Crippen LogP contribution < -0.4 is 5.32 Å². The van der Waals surface area contributed by atoms with E-state index in [-0.39, 0.29) is 5.91 Å². The van der Waals surface area contributed by atoms with Gasteiger partial charge in [-0.05, 0) is 44.6 Å². The van der Waals surface area contributed by atoms with Gasteiger partial charge in [-0.1, -0.05) is 103 Å². The molecule has 1 N–H and O–H groups in total. The van der Waals surface area contributed by atoms with Gasteiger partial charge in [-0.2, -0.15) is 11.8 Å². The molecule has 0 unspecified atom stereocenters. The maximum absolute atomic E-state index is 12.0. The number of hydrogen-bond acceptors (Lipinski definition) is 2. The van der Waals surface area contributed by atoms with E-state index < -0.39 is 0 Å². The molecule has 0 fully saturated rings. The van der Waals surface area contributed by atoms with Crippen molar-refractivity contribution in [2.45, 2.75) is 149 Å². The van der Waals surface area contributed by atoms with Crippen molar-refractivity contribution < 1.29 is 9.28 Å². The molecule has 3 nitrogen and oxygen atoms in total. The van der Waals surface area contributed by atoms with E-state index in [0.717, 1.165) is 30.4 Å². The number of nitrogens with one attached hydrogen (secondary N) is 1. The Morgan fingerprint density at radius 1 is 0.600 bits per heavy atom. The van der Waals surface area contributed by atoms with Gasteiger partial charge in [-0.25, -0.2) is 0 Å². The highest BCUT2D eigenvalue weighted by atomic mass is 32.2. The molecule has 0 aliphatic rings. The summed E-state index contributed by atoms with van der Waals surface area (Å²) in [5.74, 6) is 2.99. The van der Waals surface area contributed by atoms with Crippen LogP contribution in [0.3, 0.4) is 0 Å². The molecule has 1 amide bonds. The molecule has 0 saturated heterocycles. The SMILES string of the molecule is CCCCCCCCCCCCSCCCCCCCCCCC(=O)NCCC[N+](C)(CC)CC. The number of carbonyl (C=O) groups is 1. The molecule has 35 heavy (non-hydrogen) atoms. The summed E-state index contributed by atoms with van der Waals surface area (Å²) in [6.07, 6.45) is 26.7. The summed E-state index contributed by atoms with van der Waals surface area (Å²) in [7, 11) is 2.31. The third-order valence-corrected chi connectivity index (χ3v) is 8.96. The molecule has 0 spiro atoms. The second kappa shape index (κ2) is 26.8. The van der Waals surface area contributed by atoms with Gasteiger partial charge in [0.05, 0.1) is 26.7 Å². The Morgan fingerprint density at radius 3 is 1.49 bits per heavy atom. The molecule has 0 saturated carbocycles. The van der Waals surface area contributed by atoms with Crippen LogP contribution in [-0.4, -0.2) is 55.1 Å². The molecule has 0 atom stereocenters. The van der Waals surface area contributed by atoms with Gasteiger partial charge in [0, 0.05) is 19.4 Å². The van der Waals surface area contributed by atoms with Crippen molar-refractivity contribution in [1.82, 2.24) is 5.32 Å². The lowest BCUT2D eigenvalue weighted by molar-refractivity contribution is -0.906. The molecule has 0 rings (SSSR count). The van der Waals surface area contributed by atoms with E-state index in [9.17, 15) is 4.79 Å². The number of carbonyl (C=O) groups excluding carboxylic acids is 1. The topological polar surface area (TPSA) is 29.1 Å². The highest BCUT2D eigenvalue weighted by molar-refractivity contribution is 7.99. The third kappa shape index (κ3) is 25.2. The fourth-order valence-corrected chi connectivity index (χ4v) is 5.68. The standard InChI is InChI=1S/C31H64N2OS/c1-5-8-9-10-11-12-14-17-20-23-29-35-30-24-21-18-15-13-16-19-22-26-31(34)32-27-25-28-33(4,6-2)7-3/h5-30H2,1-4H3/p+1. The first-order valence-corrected chi connectivity index (χ1v) is 16.9. The van der Waals surface area contributed by atoms with E-state index in [1.807, 2.05) is 0 Å². The molecule has 210 valence electrons. The Kier molecular flexibility index (Phi) is 26.7. The van der Waals surface area contributed by atoms with Crippen LogP contribution in [0, 0.1) is 0 Å². The van der Waals surface area contributed by atoms with Gasteiger partial charge in [-0.15, -0.1) is 0 Å². The maximum atomic E-state index is 12.0. The predicted molar refractivity (Wildman–Crippen MR) is 160 cm³/mol. The highest BCUT2D eigenvalue weighted by Gasteiger charge is 2.15. The normalized spacial score (nSPS) is 11.8. The lowest BCUT2D eigenvalue weighted by atomic mass is 10.1. The Labute approximate surface area is 225 Å². The summed E-state index contributed by atoms with van der Waals surface area (Å²) in [6, 6.07) is 0. The minimum absolute atomic E-state index is 0.252. The summed E-state index contributed by atoms with van der Waals surface area (Å²) in [4.78, 5) is 12.0. The van der Waals surface area contributed by atoms with E-state index in [2.05, 4.69) is 44.9 Å². The van der Waals surface area contributed by atoms with Gasteiger partial charge in [0.15, 0.2) is 0 Å². The largest absolute Gasteiger partial charge is 0.356 e. The average Bonchev–Trinajstić information content (AvgIpc) is 2.87. The molecule has 4 heteroatoms. The summed E-state index contributed by atoms with van der Waals surface area (Å²) in [5.41, 5.74) is 0. The maximum Gasteiger partial charge on any atom is 0.219 e. The van der Waals surface area contributed by atoms with Crippen LogP contribution in [0.15, 0.2) is 0 Å². The van der Waals surface area contributed by atoms with Crippen LogP contribution >= 0.6 is 11.8 Å². The number of quaternary nitrogens is 1. The quantitative estimate of drug-likeness (QED) is 0.0834. The van der Waals surface area contributed by atoms with E-state index in [1.165, 1.54) is 134 Å². The second-order valence-corrected chi connectivity index (χ2v) is 12.3. The van der Waals surface area contributed by atoms with Crippen LogP contribution in [0.2, 0.25) is 0 Å². The zero-order valence-electron chi connectivity index (χ0n) is 24.6. The average molecular weight is 514 g/mol. The number of amides is 1. The van der Waals surface area contributed by atoms with Crippen LogP contribution in [0.1, 0.15) is 149 Å². The molecule has 0 aromatic rings. The number of nitrogens with zero attached hydrogens (tertiary/aromatic N) is 1. The van der Waals surface area contributed by atoms with Crippen molar-refractivity contribution in [2.75, 3.05) is 44.7 Å². The molecule has 0 radical (unpaired) electrons. The van der Waals surface area contributed by atoms with E-state index in [0.29, 0.717) is 6.42 Å². The molecule has 0 aliphatic carbocycles. The number of rotatable bonds is 28. The molecular weight excluding hydrogens is 448 g/mol. The number of unbranched alkanes of at least 4 members (excludes halogenated alkanes) is 16. The van der Waals surface area contributed by atoms with Gasteiger partial charge in [0.2, 0.25) is 5.91 Å². The Balaban J connectivity index is 3.21. The smallest absolute Gasteiger partial charge is 0.219 e. The molecule has 0 aromatic heterocycles. The van der Waals surface area contributed by atoms with Gasteiger partial charge in [-0.3, -0.25) is 4.79 Å². The summed E-state index contributed by atoms with van der Waals surface area (Å²) < 4.78 is 1.11. The first kappa shape index (κ1) is 34.8. The number of hydrogen-bond donors (Lipinski definition) is 1. The van der Waals surface area contributed by atoms with Crippen LogP contribution in [0.5, 0.6) is 0 Å². The van der Waals surface area contributed by atoms with Gasteiger partial charge < -0.3 is 9.80 Å². The van der Waals surface area contributed by atoms with Crippen molar-refractivity contribution in [3.63, 3.8) is 0 Å². The zero-order valence-corrected chi connectivity index (χ0v) is 25.5. The fourth-order valence-electron chi connectivity index (χ4n) is 4.66. The van der Waals surface area contributed by atoms with Gasteiger partial charge >= 0.3 is 0 Å². The van der Waals surface area contributed by atoms with Crippen molar-refractivity contribution >= 4 is 17.7 Å². The number of thioether (sulfide) groups is 1. The molecule has 0 aromatic carbocycles. The fraction of sp³-hybridized carbons (Fsp3) is 0.968. The summed E-state index contributed by atoms with van der Waals surface area (Å²) in [6.45, 7) is 11.1. The molecule has 0 aliphatic heterocycles. The highest BCUT2D eigenvalue weighted by Crippen LogP contribution is 2.15. The molecule has 0 bridgehead atoms. The first-order valence-electron chi connectivity index (χ1n) is 15.8. The van der Waals surface area contributed by atoms with Crippen molar-refractivity contribution in [2.24, 2.45) is 0 Å². The van der Waals surface area contributed by atoms with Gasteiger partial charge in [0.25, 0.3) is 0 Å². The van der Waals surface area contributed by atoms with Crippen LogP contribution in [-0.2, 0) is 4.79 Å². The summed E-state index contributed by atoms with van der Waals surface area (Å²) >= 11 is 2.18. The van der Waals surface area contributed by atoms with Crippen LogP contribution in [0.25, 0.3) is 0 Å². The minimum Gasteiger partial charge on any atom is -0.356 e. The monoisotopic (exact) mass is 513 g/mol. The molecule has 0 heterocycles. The molecular formula is C31H65N2OS+.